The Hall–Kier alpha value is -2.57. The van der Waals surface area contributed by atoms with Crippen LogP contribution < -0.4 is 10.6 Å². The Kier molecular flexibility index (Phi) is 4.76. The van der Waals surface area contributed by atoms with Crippen molar-refractivity contribution in [3.63, 3.8) is 0 Å². The smallest absolute Gasteiger partial charge is 0.287 e. The van der Waals surface area contributed by atoms with E-state index < -0.39 is 11.9 Å². The maximum atomic E-state index is 12.1. The number of aromatic nitrogens is 2. The van der Waals surface area contributed by atoms with Crippen LogP contribution in [-0.4, -0.2) is 27.8 Å². The van der Waals surface area contributed by atoms with Gasteiger partial charge < -0.3 is 20.0 Å². The Bertz CT molecular complexity index is 577. The van der Waals surface area contributed by atoms with Gasteiger partial charge >= 0.3 is 0 Å². The highest BCUT2D eigenvalue weighted by Crippen LogP contribution is 2.11. The molecule has 2 aromatic heterocycles. The van der Waals surface area contributed by atoms with E-state index in [0.717, 1.165) is 0 Å². The van der Waals surface area contributed by atoms with Gasteiger partial charge in [-0.25, -0.2) is 4.98 Å². The molecule has 2 amide bonds. The highest BCUT2D eigenvalue weighted by molar-refractivity contribution is 5.95. The van der Waals surface area contributed by atoms with E-state index in [1.807, 2.05) is 6.92 Å². The fourth-order valence-corrected chi connectivity index (χ4v) is 1.87. The Labute approximate surface area is 122 Å². The summed E-state index contributed by atoms with van der Waals surface area (Å²) in [5, 5.41) is 5.42. The molecule has 3 N–H and O–H groups in total. The summed E-state index contributed by atoms with van der Waals surface area (Å²) in [5.74, 6) is 0.162. The number of hydrogen-bond donors (Lipinski definition) is 3. The van der Waals surface area contributed by atoms with E-state index in [-0.39, 0.29) is 17.7 Å². The van der Waals surface area contributed by atoms with E-state index in [0.29, 0.717) is 12.2 Å². The van der Waals surface area contributed by atoms with Crippen molar-refractivity contribution in [1.82, 2.24) is 20.6 Å². The monoisotopic (exact) mass is 290 g/mol. The summed E-state index contributed by atoms with van der Waals surface area (Å²) in [6.45, 7) is 3.56. The van der Waals surface area contributed by atoms with Gasteiger partial charge in [0.2, 0.25) is 5.91 Å². The lowest BCUT2D eigenvalue weighted by atomic mass is 10.2. The molecule has 0 fully saturated rings. The second-order valence-corrected chi connectivity index (χ2v) is 4.62. The van der Waals surface area contributed by atoms with E-state index in [2.05, 4.69) is 20.6 Å². The standard InChI is InChI=1S/C14H18N4O3/c1-3-10(12-15-6-7-16-12)18-13(19)9(2)17-14(20)11-5-4-8-21-11/h4-10H,3H2,1-2H3,(H,15,16)(H,17,20)(H,18,19). The fourth-order valence-electron chi connectivity index (χ4n) is 1.87. The molecule has 112 valence electrons. The molecular weight excluding hydrogens is 272 g/mol. The molecular formula is C14H18N4O3. The molecule has 0 aliphatic heterocycles. The molecule has 21 heavy (non-hydrogen) atoms. The first-order chi connectivity index (χ1) is 10.1. The predicted molar refractivity (Wildman–Crippen MR) is 75.4 cm³/mol. The molecule has 0 aliphatic carbocycles. The average Bonchev–Trinajstić information content (AvgIpc) is 3.16. The second-order valence-electron chi connectivity index (χ2n) is 4.62. The van der Waals surface area contributed by atoms with Gasteiger partial charge in [-0.2, -0.15) is 0 Å². The minimum Gasteiger partial charge on any atom is -0.459 e. The zero-order valence-corrected chi connectivity index (χ0v) is 11.9. The van der Waals surface area contributed by atoms with Crippen LogP contribution in [0.15, 0.2) is 35.2 Å². The summed E-state index contributed by atoms with van der Waals surface area (Å²) in [4.78, 5) is 31.0. The van der Waals surface area contributed by atoms with Crippen molar-refractivity contribution in [3.05, 3.63) is 42.4 Å². The molecule has 2 aromatic rings. The lowest BCUT2D eigenvalue weighted by molar-refractivity contribution is -0.123. The van der Waals surface area contributed by atoms with E-state index in [9.17, 15) is 9.59 Å². The summed E-state index contributed by atoms with van der Waals surface area (Å²) in [5.41, 5.74) is 0. The SMILES string of the molecule is CCC(NC(=O)C(C)NC(=O)c1ccco1)c1ncc[nH]1. The quantitative estimate of drug-likeness (QED) is 0.748. The summed E-state index contributed by atoms with van der Waals surface area (Å²) in [7, 11) is 0. The Morgan fingerprint density at radius 2 is 2.24 bits per heavy atom. The van der Waals surface area contributed by atoms with Crippen molar-refractivity contribution >= 4 is 11.8 Å². The summed E-state index contributed by atoms with van der Waals surface area (Å²) in [6.07, 6.45) is 5.43. The summed E-state index contributed by atoms with van der Waals surface area (Å²) < 4.78 is 4.98. The lowest BCUT2D eigenvalue weighted by Gasteiger charge is -2.18. The van der Waals surface area contributed by atoms with Crippen molar-refractivity contribution in [2.45, 2.75) is 32.4 Å². The first-order valence-electron chi connectivity index (χ1n) is 6.75. The van der Waals surface area contributed by atoms with Gasteiger partial charge in [-0.05, 0) is 25.5 Å². The molecule has 0 saturated heterocycles. The molecule has 0 spiro atoms. The highest BCUT2D eigenvalue weighted by atomic mass is 16.3. The van der Waals surface area contributed by atoms with Crippen LogP contribution in [0.1, 0.15) is 42.7 Å². The van der Waals surface area contributed by atoms with Crippen molar-refractivity contribution in [1.29, 1.82) is 0 Å². The lowest BCUT2D eigenvalue weighted by Crippen LogP contribution is -2.45. The van der Waals surface area contributed by atoms with Gasteiger partial charge in [0.25, 0.3) is 5.91 Å². The van der Waals surface area contributed by atoms with E-state index >= 15 is 0 Å². The van der Waals surface area contributed by atoms with Crippen molar-refractivity contribution in [2.75, 3.05) is 0 Å². The van der Waals surface area contributed by atoms with Crippen LogP contribution in [0.25, 0.3) is 0 Å². The van der Waals surface area contributed by atoms with Crippen LogP contribution in [0.3, 0.4) is 0 Å². The molecule has 0 bridgehead atoms. The maximum Gasteiger partial charge on any atom is 0.287 e. The first kappa shape index (κ1) is 14.8. The van der Waals surface area contributed by atoms with Gasteiger partial charge in [0.05, 0.1) is 12.3 Å². The number of imidazole rings is 1. The van der Waals surface area contributed by atoms with Crippen molar-refractivity contribution < 1.29 is 14.0 Å². The zero-order chi connectivity index (χ0) is 15.2. The minimum atomic E-state index is -0.674. The van der Waals surface area contributed by atoms with Gasteiger partial charge in [-0.1, -0.05) is 6.92 Å². The summed E-state index contributed by atoms with van der Waals surface area (Å²) in [6, 6.07) is 2.27. The topological polar surface area (TPSA) is 100 Å². The Morgan fingerprint density at radius 3 is 2.81 bits per heavy atom. The van der Waals surface area contributed by atoms with Crippen LogP contribution >= 0.6 is 0 Å². The van der Waals surface area contributed by atoms with Gasteiger partial charge in [0.15, 0.2) is 5.76 Å². The third-order valence-corrected chi connectivity index (χ3v) is 3.06. The first-order valence-corrected chi connectivity index (χ1v) is 6.75. The third kappa shape index (κ3) is 3.71. The predicted octanol–water partition coefficient (Wildman–Crippen LogP) is 1.39. The molecule has 0 saturated carbocycles. The number of H-pyrrole nitrogens is 1. The third-order valence-electron chi connectivity index (χ3n) is 3.06. The van der Waals surface area contributed by atoms with Crippen LogP contribution in [-0.2, 0) is 4.79 Å². The molecule has 7 nitrogen and oxygen atoms in total. The number of rotatable bonds is 6. The van der Waals surface area contributed by atoms with Crippen LogP contribution in [0.2, 0.25) is 0 Å². The van der Waals surface area contributed by atoms with E-state index in [1.54, 1.807) is 25.4 Å². The molecule has 7 heteroatoms. The number of aromatic amines is 1. The Balaban J connectivity index is 1.91. The second kappa shape index (κ2) is 6.74. The van der Waals surface area contributed by atoms with Crippen LogP contribution in [0.4, 0.5) is 0 Å². The highest BCUT2D eigenvalue weighted by Gasteiger charge is 2.21. The zero-order valence-electron chi connectivity index (χ0n) is 11.9. The number of carbonyl (C=O) groups excluding carboxylic acids is 2. The molecule has 2 rings (SSSR count). The van der Waals surface area contributed by atoms with Crippen molar-refractivity contribution in [3.8, 4) is 0 Å². The number of carbonyl (C=O) groups is 2. The average molecular weight is 290 g/mol. The molecule has 2 heterocycles. The molecule has 0 aliphatic rings. The normalized spacial score (nSPS) is 13.4. The fraction of sp³-hybridized carbons (Fsp3) is 0.357. The Morgan fingerprint density at radius 1 is 1.43 bits per heavy atom. The van der Waals surface area contributed by atoms with Crippen molar-refractivity contribution in [2.24, 2.45) is 0 Å². The maximum absolute atomic E-state index is 12.1. The van der Waals surface area contributed by atoms with Gasteiger partial charge in [0.1, 0.15) is 11.9 Å². The molecule has 2 unspecified atom stereocenters. The largest absolute Gasteiger partial charge is 0.459 e. The molecule has 0 aromatic carbocycles. The number of nitrogens with one attached hydrogen (secondary N) is 3. The molecule has 2 atom stereocenters. The number of furan rings is 1. The minimum absolute atomic E-state index is 0.174. The van der Waals surface area contributed by atoms with E-state index in [4.69, 9.17) is 4.42 Å². The van der Waals surface area contributed by atoms with Gasteiger partial charge in [-0.15, -0.1) is 0 Å². The van der Waals surface area contributed by atoms with E-state index in [1.165, 1.54) is 12.3 Å². The van der Waals surface area contributed by atoms with Crippen LogP contribution in [0.5, 0.6) is 0 Å². The number of amides is 2. The molecule has 0 radical (unpaired) electrons. The number of hydrogen-bond acceptors (Lipinski definition) is 4. The van der Waals surface area contributed by atoms with Gasteiger partial charge in [0, 0.05) is 12.4 Å². The number of nitrogens with zero attached hydrogens (tertiary/aromatic N) is 1. The van der Waals surface area contributed by atoms with Gasteiger partial charge in [-0.3, -0.25) is 9.59 Å². The van der Waals surface area contributed by atoms with Crippen LogP contribution in [0, 0.1) is 0 Å². The summed E-state index contributed by atoms with van der Waals surface area (Å²) >= 11 is 0.